The highest BCUT2D eigenvalue weighted by Crippen LogP contribution is 2.31. The Morgan fingerprint density at radius 1 is 1.17 bits per heavy atom. The summed E-state index contributed by atoms with van der Waals surface area (Å²) in [6.45, 7) is 8.71. The lowest BCUT2D eigenvalue weighted by Crippen LogP contribution is -2.30. The SMILES string of the molecule is COc1ccccc1CNC(=O)C(C)Sc1c(C)cc(C)cc1C. The van der Waals surface area contributed by atoms with Crippen molar-refractivity contribution in [2.45, 2.75) is 44.4 Å². The summed E-state index contributed by atoms with van der Waals surface area (Å²) in [7, 11) is 1.64. The number of ether oxygens (including phenoxy) is 1. The topological polar surface area (TPSA) is 38.3 Å². The van der Waals surface area contributed by atoms with Gasteiger partial charge in [-0.15, -0.1) is 11.8 Å². The number of amides is 1. The summed E-state index contributed by atoms with van der Waals surface area (Å²) >= 11 is 1.62. The molecule has 2 aromatic rings. The highest BCUT2D eigenvalue weighted by Gasteiger charge is 2.17. The predicted octanol–water partition coefficient (Wildman–Crippen LogP) is 4.42. The van der Waals surface area contributed by atoms with Crippen LogP contribution in [0.5, 0.6) is 5.75 Å². The molecule has 3 nitrogen and oxygen atoms in total. The summed E-state index contributed by atoms with van der Waals surface area (Å²) in [6, 6.07) is 12.1. The lowest BCUT2D eigenvalue weighted by atomic mass is 10.1. The van der Waals surface area contributed by atoms with E-state index in [2.05, 4.69) is 38.2 Å². The first-order chi connectivity index (χ1) is 11.4. The quantitative estimate of drug-likeness (QED) is 0.789. The maximum Gasteiger partial charge on any atom is 0.233 e. The van der Waals surface area contributed by atoms with Gasteiger partial charge in [0, 0.05) is 17.0 Å². The van der Waals surface area contributed by atoms with Crippen molar-refractivity contribution >= 4 is 17.7 Å². The number of carbonyl (C=O) groups is 1. The van der Waals surface area contributed by atoms with E-state index in [9.17, 15) is 4.79 Å². The van der Waals surface area contributed by atoms with Gasteiger partial charge in [0.15, 0.2) is 0 Å². The Kier molecular flexibility index (Phi) is 6.32. The highest BCUT2D eigenvalue weighted by molar-refractivity contribution is 8.00. The molecule has 2 aromatic carbocycles. The number of benzene rings is 2. The Balaban J connectivity index is 2.00. The summed E-state index contributed by atoms with van der Waals surface area (Å²) < 4.78 is 5.32. The second-order valence-corrected chi connectivity index (χ2v) is 7.37. The van der Waals surface area contributed by atoms with E-state index in [1.54, 1.807) is 18.9 Å². The van der Waals surface area contributed by atoms with Gasteiger partial charge in [-0.1, -0.05) is 35.9 Å². The summed E-state index contributed by atoms with van der Waals surface area (Å²) in [5, 5.41) is 2.85. The molecule has 24 heavy (non-hydrogen) atoms. The largest absolute Gasteiger partial charge is 0.496 e. The molecule has 0 heterocycles. The molecule has 0 fully saturated rings. The van der Waals surface area contributed by atoms with Crippen LogP contribution in [0, 0.1) is 20.8 Å². The van der Waals surface area contributed by atoms with E-state index in [1.165, 1.54) is 21.6 Å². The molecule has 4 heteroatoms. The van der Waals surface area contributed by atoms with Crippen LogP contribution >= 0.6 is 11.8 Å². The van der Waals surface area contributed by atoms with Crippen molar-refractivity contribution in [2.24, 2.45) is 0 Å². The van der Waals surface area contributed by atoms with E-state index < -0.39 is 0 Å². The Hall–Kier alpha value is -1.94. The van der Waals surface area contributed by atoms with Crippen LogP contribution in [-0.2, 0) is 11.3 Å². The first-order valence-electron chi connectivity index (χ1n) is 8.06. The zero-order valence-electron chi connectivity index (χ0n) is 15.0. The van der Waals surface area contributed by atoms with Crippen molar-refractivity contribution in [1.29, 1.82) is 0 Å². The van der Waals surface area contributed by atoms with E-state index in [4.69, 9.17) is 4.74 Å². The van der Waals surface area contributed by atoms with Gasteiger partial charge in [0.25, 0.3) is 0 Å². The Bertz CT molecular complexity index is 704. The number of nitrogens with one attached hydrogen (secondary N) is 1. The summed E-state index contributed by atoms with van der Waals surface area (Å²) in [6.07, 6.45) is 0. The van der Waals surface area contributed by atoms with Crippen molar-refractivity contribution < 1.29 is 9.53 Å². The molecular formula is C20H25NO2S. The molecule has 0 bridgehead atoms. The van der Waals surface area contributed by atoms with Gasteiger partial charge < -0.3 is 10.1 Å². The van der Waals surface area contributed by atoms with Crippen LogP contribution in [0.2, 0.25) is 0 Å². The monoisotopic (exact) mass is 343 g/mol. The van der Waals surface area contributed by atoms with E-state index in [1.807, 2.05) is 31.2 Å². The average Bonchev–Trinajstić information content (AvgIpc) is 2.55. The number of rotatable bonds is 6. The maximum absolute atomic E-state index is 12.4. The molecule has 0 saturated heterocycles. The van der Waals surface area contributed by atoms with Crippen molar-refractivity contribution in [3.8, 4) is 5.75 Å². The molecule has 1 amide bonds. The minimum atomic E-state index is -0.153. The fraction of sp³-hybridized carbons (Fsp3) is 0.350. The Morgan fingerprint density at radius 2 is 1.79 bits per heavy atom. The molecule has 0 spiro atoms. The molecule has 0 aromatic heterocycles. The Morgan fingerprint density at radius 3 is 2.42 bits per heavy atom. The molecule has 0 radical (unpaired) electrons. The van der Waals surface area contributed by atoms with E-state index in [-0.39, 0.29) is 11.2 Å². The van der Waals surface area contributed by atoms with E-state index in [0.29, 0.717) is 6.54 Å². The van der Waals surface area contributed by atoms with Crippen LogP contribution in [0.15, 0.2) is 41.3 Å². The van der Waals surface area contributed by atoms with Gasteiger partial charge in [-0.3, -0.25) is 4.79 Å². The van der Waals surface area contributed by atoms with Gasteiger partial charge >= 0.3 is 0 Å². The molecule has 0 aliphatic heterocycles. The zero-order chi connectivity index (χ0) is 17.7. The van der Waals surface area contributed by atoms with Crippen molar-refractivity contribution in [3.05, 3.63) is 58.7 Å². The van der Waals surface area contributed by atoms with Crippen molar-refractivity contribution in [2.75, 3.05) is 7.11 Å². The molecule has 0 saturated carbocycles. The van der Waals surface area contributed by atoms with Crippen LogP contribution < -0.4 is 10.1 Å². The fourth-order valence-corrected chi connectivity index (χ4v) is 3.79. The van der Waals surface area contributed by atoms with Crippen LogP contribution in [0.1, 0.15) is 29.2 Å². The average molecular weight is 343 g/mol. The first kappa shape index (κ1) is 18.4. The first-order valence-corrected chi connectivity index (χ1v) is 8.94. The minimum absolute atomic E-state index is 0.0327. The van der Waals surface area contributed by atoms with Gasteiger partial charge in [0.2, 0.25) is 5.91 Å². The van der Waals surface area contributed by atoms with E-state index in [0.717, 1.165) is 11.3 Å². The molecule has 1 N–H and O–H groups in total. The fourth-order valence-electron chi connectivity index (χ4n) is 2.76. The van der Waals surface area contributed by atoms with Gasteiger partial charge in [0.05, 0.1) is 12.4 Å². The predicted molar refractivity (Wildman–Crippen MR) is 101 cm³/mol. The smallest absolute Gasteiger partial charge is 0.233 e. The molecule has 2 rings (SSSR count). The molecule has 128 valence electrons. The number of methoxy groups -OCH3 is 1. The lowest BCUT2D eigenvalue weighted by molar-refractivity contribution is -0.120. The number of aryl methyl sites for hydroxylation is 3. The third kappa shape index (κ3) is 4.54. The zero-order valence-corrected chi connectivity index (χ0v) is 15.8. The number of hydrogen-bond donors (Lipinski definition) is 1. The molecule has 1 atom stereocenters. The highest BCUT2D eigenvalue weighted by atomic mass is 32.2. The normalized spacial score (nSPS) is 11.9. The third-order valence-corrected chi connectivity index (χ3v) is 5.36. The van der Waals surface area contributed by atoms with Crippen LogP contribution in [-0.4, -0.2) is 18.3 Å². The molecule has 0 aliphatic carbocycles. The van der Waals surface area contributed by atoms with Gasteiger partial charge in [0.1, 0.15) is 5.75 Å². The van der Waals surface area contributed by atoms with Crippen molar-refractivity contribution in [3.63, 3.8) is 0 Å². The standard InChI is InChI=1S/C20H25NO2S/c1-13-10-14(2)19(15(3)11-13)24-16(4)20(22)21-12-17-8-6-7-9-18(17)23-5/h6-11,16H,12H2,1-5H3,(H,21,22). The maximum atomic E-state index is 12.4. The molecule has 0 aliphatic rings. The minimum Gasteiger partial charge on any atom is -0.496 e. The number of hydrogen-bond acceptors (Lipinski definition) is 3. The van der Waals surface area contributed by atoms with Crippen LogP contribution in [0.25, 0.3) is 0 Å². The summed E-state index contributed by atoms with van der Waals surface area (Å²) in [5.74, 6) is 0.827. The number of carbonyl (C=O) groups excluding carboxylic acids is 1. The van der Waals surface area contributed by atoms with Gasteiger partial charge in [-0.05, 0) is 44.9 Å². The second-order valence-electron chi connectivity index (χ2n) is 6.02. The van der Waals surface area contributed by atoms with E-state index >= 15 is 0 Å². The summed E-state index contributed by atoms with van der Waals surface area (Å²) in [4.78, 5) is 13.6. The summed E-state index contributed by atoms with van der Waals surface area (Å²) in [5.41, 5.74) is 4.68. The lowest BCUT2D eigenvalue weighted by Gasteiger charge is -2.16. The second kappa shape index (κ2) is 8.25. The third-order valence-electron chi connectivity index (χ3n) is 3.91. The van der Waals surface area contributed by atoms with Crippen molar-refractivity contribution in [1.82, 2.24) is 5.32 Å². The molecule has 1 unspecified atom stereocenters. The van der Waals surface area contributed by atoms with Gasteiger partial charge in [-0.2, -0.15) is 0 Å². The number of para-hydroxylation sites is 1. The van der Waals surface area contributed by atoms with Gasteiger partial charge in [-0.25, -0.2) is 0 Å². The van der Waals surface area contributed by atoms with Crippen LogP contribution in [0.4, 0.5) is 0 Å². The Labute approximate surface area is 148 Å². The van der Waals surface area contributed by atoms with Crippen LogP contribution in [0.3, 0.4) is 0 Å². The molecular weight excluding hydrogens is 318 g/mol. The number of thioether (sulfide) groups is 1.